The van der Waals surface area contributed by atoms with Gasteiger partial charge in [0.25, 0.3) is 10.0 Å². The van der Waals surface area contributed by atoms with Gasteiger partial charge in [0.15, 0.2) is 5.65 Å². The molecule has 1 aromatic carbocycles. The molecule has 34 heavy (non-hydrogen) atoms. The number of fused-ring (bicyclic) bond motifs is 1. The van der Waals surface area contributed by atoms with Crippen molar-refractivity contribution in [2.45, 2.75) is 18.7 Å². The van der Waals surface area contributed by atoms with Gasteiger partial charge in [-0.05, 0) is 72.7 Å². The van der Waals surface area contributed by atoms with Crippen LogP contribution in [0.3, 0.4) is 0 Å². The van der Waals surface area contributed by atoms with Crippen LogP contribution in [0, 0.1) is 13.8 Å². The van der Waals surface area contributed by atoms with Crippen LogP contribution in [0.25, 0.3) is 22.3 Å². The van der Waals surface area contributed by atoms with Crippen LogP contribution in [0.4, 0.5) is 5.82 Å². The number of aromatic nitrogens is 3. The number of benzene rings is 1. The van der Waals surface area contributed by atoms with Gasteiger partial charge >= 0.3 is 0 Å². The Morgan fingerprint density at radius 1 is 0.912 bits per heavy atom. The second-order valence-electron chi connectivity index (χ2n) is 8.78. The SMILES string of the molecule is Cc1ccc(S(=O)(=O)n2c(-c3ccc(N4CCN(C)CC4)nc3)c(C)c3cc(Br)cnc32)cc1. The number of aryl methyl sites for hydroxylation is 2. The van der Waals surface area contributed by atoms with Crippen LogP contribution in [-0.2, 0) is 10.0 Å². The molecule has 1 fully saturated rings. The molecule has 0 aliphatic carbocycles. The Bertz CT molecular complexity index is 1460. The number of likely N-dealkylation sites (N-methyl/N-ethyl adjacent to an activating group) is 1. The van der Waals surface area contributed by atoms with Gasteiger partial charge in [-0.3, -0.25) is 0 Å². The molecule has 7 nitrogen and oxygen atoms in total. The van der Waals surface area contributed by atoms with Gasteiger partial charge < -0.3 is 9.80 Å². The summed E-state index contributed by atoms with van der Waals surface area (Å²) < 4.78 is 29.9. The van der Waals surface area contributed by atoms with Gasteiger partial charge in [0.1, 0.15) is 5.82 Å². The summed E-state index contributed by atoms with van der Waals surface area (Å²) in [5, 5.41) is 0.781. The quantitative estimate of drug-likeness (QED) is 0.381. The monoisotopic (exact) mass is 539 g/mol. The average molecular weight is 540 g/mol. The molecular weight excluding hydrogens is 514 g/mol. The van der Waals surface area contributed by atoms with Crippen LogP contribution in [0.5, 0.6) is 0 Å². The third-order valence-corrected chi connectivity index (χ3v) is 8.53. The Balaban J connectivity index is 1.67. The maximum Gasteiger partial charge on any atom is 0.269 e. The Hall–Kier alpha value is -2.75. The highest BCUT2D eigenvalue weighted by atomic mass is 79.9. The van der Waals surface area contributed by atoms with Crippen LogP contribution in [0.15, 0.2) is 64.2 Å². The molecule has 0 saturated carbocycles. The fourth-order valence-electron chi connectivity index (χ4n) is 4.39. The highest BCUT2D eigenvalue weighted by molar-refractivity contribution is 9.10. The van der Waals surface area contributed by atoms with E-state index in [1.807, 2.05) is 44.2 Å². The van der Waals surface area contributed by atoms with E-state index in [1.165, 1.54) is 3.97 Å². The van der Waals surface area contributed by atoms with Gasteiger partial charge in [0.05, 0.1) is 10.6 Å². The Kier molecular flexibility index (Phi) is 5.95. The van der Waals surface area contributed by atoms with Crippen LogP contribution in [-0.4, -0.2) is 60.5 Å². The molecule has 5 rings (SSSR count). The topological polar surface area (TPSA) is 71.3 Å². The lowest BCUT2D eigenvalue weighted by Gasteiger charge is -2.33. The zero-order valence-corrected chi connectivity index (χ0v) is 21.8. The van der Waals surface area contributed by atoms with E-state index in [-0.39, 0.29) is 4.90 Å². The minimum atomic E-state index is -3.89. The molecule has 1 aliphatic heterocycles. The summed E-state index contributed by atoms with van der Waals surface area (Å²) in [6.07, 6.45) is 3.40. The number of halogens is 1. The number of hydrogen-bond acceptors (Lipinski definition) is 6. The van der Waals surface area contributed by atoms with E-state index < -0.39 is 10.0 Å². The highest BCUT2D eigenvalue weighted by Crippen LogP contribution is 2.36. The standard InChI is InChI=1S/C25H26BrN5O2S/c1-17-4-7-21(8-5-17)34(32,33)31-24(18(2)22-14-20(26)16-28-25(22)31)19-6-9-23(27-15-19)30-12-10-29(3)11-13-30/h4-9,14-16H,10-13H2,1-3H3. The van der Waals surface area contributed by atoms with Gasteiger partial charge in [-0.1, -0.05) is 17.7 Å². The van der Waals surface area contributed by atoms with E-state index in [1.54, 1.807) is 24.5 Å². The molecule has 0 radical (unpaired) electrons. The van der Waals surface area contributed by atoms with Crippen molar-refractivity contribution in [3.8, 4) is 11.3 Å². The summed E-state index contributed by atoms with van der Waals surface area (Å²) in [5.41, 5.74) is 3.56. The van der Waals surface area contributed by atoms with E-state index in [9.17, 15) is 8.42 Å². The van der Waals surface area contributed by atoms with E-state index >= 15 is 0 Å². The Morgan fingerprint density at radius 3 is 2.26 bits per heavy atom. The van der Waals surface area contributed by atoms with Crippen molar-refractivity contribution >= 4 is 42.8 Å². The summed E-state index contributed by atoms with van der Waals surface area (Å²) in [4.78, 5) is 14.0. The molecule has 0 spiro atoms. The van der Waals surface area contributed by atoms with Crippen molar-refractivity contribution < 1.29 is 8.42 Å². The number of nitrogens with zero attached hydrogens (tertiary/aromatic N) is 5. The van der Waals surface area contributed by atoms with E-state index in [0.29, 0.717) is 11.3 Å². The van der Waals surface area contributed by atoms with Crippen molar-refractivity contribution in [3.05, 3.63) is 70.5 Å². The number of pyridine rings is 2. The summed E-state index contributed by atoms with van der Waals surface area (Å²) in [7, 11) is -1.77. The van der Waals surface area contributed by atoms with Crippen LogP contribution >= 0.6 is 15.9 Å². The smallest absolute Gasteiger partial charge is 0.269 e. The predicted molar refractivity (Wildman–Crippen MR) is 139 cm³/mol. The van der Waals surface area contributed by atoms with Gasteiger partial charge in [-0.25, -0.2) is 22.4 Å². The maximum atomic E-state index is 13.9. The maximum absolute atomic E-state index is 13.9. The van der Waals surface area contributed by atoms with E-state index in [0.717, 1.165) is 58.5 Å². The summed E-state index contributed by atoms with van der Waals surface area (Å²) in [6, 6.07) is 12.7. The second-order valence-corrected chi connectivity index (χ2v) is 11.5. The van der Waals surface area contributed by atoms with Crippen molar-refractivity contribution in [1.82, 2.24) is 18.8 Å². The number of anilines is 1. The van der Waals surface area contributed by atoms with Crippen molar-refractivity contribution in [2.75, 3.05) is 38.1 Å². The first-order valence-corrected chi connectivity index (χ1v) is 13.4. The molecule has 3 aromatic heterocycles. The minimum absolute atomic E-state index is 0.225. The molecule has 0 bridgehead atoms. The summed E-state index contributed by atoms with van der Waals surface area (Å²) in [5.74, 6) is 0.902. The molecule has 1 aliphatic rings. The third-order valence-electron chi connectivity index (χ3n) is 6.40. The van der Waals surface area contributed by atoms with Gasteiger partial charge in [-0.2, -0.15) is 0 Å². The number of piperazine rings is 1. The first kappa shape index (κ1) is 23.0. The molecule has 0 N–H and O–H groups in total. The Labute approximate surface area is 208 Å². The largest absolute Gasteiger partial charge is 0.354 e. The van der Waals surface area contributed by atoms with Gasteiger partial charge in [-0.15, -0.1) is 0 Å². The molecular formula is C25H26BrN5O2S. The number of hydrogen-bond donors (Lipinski definition) is 0. The molecule has 9 heteroatoms. The Morgan fingerprint density at radius 2 is 1.62 bits per heavy atom. The lowest BCUT2D eigenvalue weighted by Crippen LogP contribution is -2.44. The van der Waals surface area contributed by atoms with Gasteiger partial charge in [0.2, 0.25) is 0 Å². The van der Waals surface area contributed by atoms with Crippen molar-refractivity contribution in [2.24, 2.45) is 0 Å². The normalized spacial score (nSPS) is 15.2. The second kappa shape index (κ2) is 8.79. The molecule has 0 atom stereocenters. The fourth-order valence-corrected chi connectivity index (χ4v) is 6.27. The third kappa shape index (κ3) is 4.01. The summed E-state index contributed by atoms with van der Waals surface area (Å²) >= 11 is 3.48. The minimum Gasteiger partial charge on any atom is -0.354 e. The fraction of sp³-hybridized carbons (Fsp3) is 0.280. The lowest BCUT2D eigenvalue weighted by atomic mass is 10.1. The molecule has 0 unspecified atom stereocenters. The molecule has 0 amide bonds. The van der Waals surface area contributed by atoms with E-state index in [4.69, 9.17) is 4.98 Å². The number of rotatable bonds is 4. The average Bonchev–Trinajstić information content (AvgIpc) is 3.12. The molecule has 176 valence electrons. The first-order chi connectivity index (χ1) is 16.3. The lowest BCUT2D eigenvalue weighted by molar-refractivity contribution is 0.312. The predicted octanol–water partition coefficient (Wildman–Crippen LogP) is 4.47. The van der Waals surface area contributed by atoms with Crippen LogP contribution in [0.2, 0.25) is 0 Å². The van der Waals surface area contributed by atoms with E-state index in [2.05, 4.69) is 37.8 Å². The molecule has 4 heterocycles. The highest BCUT2D eigenvalue weighted by Gasteiger charge is 2.28. The first-order valence-electron chi connectivity index (χ1n) is 11.1. The zero-order valence-electron chi connectivity index (χ0n) is 19.4. The van der Waals surface area contributed by atoms with Crippen LogP contribution in [0.1, 0.15) is 11.1 Å². The van der Waals surface area contributed by atoms with Crippen molar-refractivity contribution in [1.29, 1.82) is 0 Å². The zero-order chi connectivity index (χ0) is 24.0. The van der Waals surface area contributed by atoms with Gasteiger partial charge in [0, 0.05) is 54.0 Å². The molecule has 1 saturated heterocycles. The molecule has 4 aromatic rings. The van der Waals surface area contributed by atoms with Crippen molar-refractivity contribution in [3.63, 3.8) is 0 Å². The van der Waals surface area contributed by atoms with Crippen LogP contribution < -0.4 is 4.90 Å². The summed E-state index contributed by atoms with van der Waals surface area (Å²) in [6.45, 7) is 7.69.